The number of hydrogen-bond acceptors (Lipinski definition) is 4. The Bertz CT molecular complexity index is 595. The molecule has 0 aromatic carbocycles. The average molecular weight is 333 g/mol. The molecule has 1 aromatic heterocycles. The van der Waals surface area contributed by atoms with Gasteiger partial charge in [0.15, 0.2) is 5.75 Å². The van der Waals surface area contributed by atoms with Crippen LogP contribution in [0.1, 0.15) is 38.8 Å². The second-order valence-electron chi connectivity index (χ2n) is 7.73. The van der Waals surface area contributed by atoms with Crippen molar-refractivity contribution in [3.05, 3.63) is 28.2 Å². The Labute approximate surface area is 145 Å². The number of nitrogens with zero attached hydrogens (tertiary/aromatic N) is 2. The van der Waals surface area contributed by atoms with E-state index >= 15 is 0 Å². The van der Waals surface area contributed by atoms with Gasteiger partial charge in [0.2, 0.25) is 5.43 Å². The number of hydrogen-bond donors (Lipinski definition) is 1. The summed E-state index contributed by atoms with van der Waals surface area (Å²) in [7, 11) is 1.53. The maximum absolute atomic E-state index is 12.0. The zero-order chi connectivity index (χ0) is 17.1. The van der Waals surface area contributed by atoms with Crippen molar-refractivity contribution >= 4 is 0 Å². The first-order valence-corrected chi connectivity index (χ1v) is 9.29. The van der Waals surface area contributed by atoms with E-state index in [0.717, 1.165) is 31.2 Å². The van der Waals surface area contributed by atoms with Crippen LogP contribution in [-0.2, 0) is 6.54 Å². The van der Waals surface area contributed by atoms with Gasteiger partial charge in [0.1, 0.15) is 0 Å². The van der Waals surface area contributed by atoms with E-state index in [1.165, 1.54) is 39.5 Å². The SMILES string of the molecule is COc1c[nH]c(CN2CCCN(CC3CC3)[C@@H](C(C)C)C2)cc1=O. The van der Waals surface area contributed by atoms with E-state index < -0.39 is 0 Å². The molecule has 1 saturated carbocycles. The summed E-state index contributed by atoms with van der Waals surface area (Å²) < 4.78 is 5.05. The average Bonchev–Trinajstić information content (AvgIpc) is 3.36. The van der Waals surface area contributed by atoms with Gasteiger partial charge < -0.3 is 9.72 Å². The monoisotopic (exact) mass is 333 g/mol. The van der Waals surface area contributed by atoms with Crippen LogP contribution >= 0.6 is 0 Å². The predicted octanol–water partition coefficient (Wildman–Crippen LogP) is 2.33. The van der Waals surface area contributed by atoms with Crippen LogP contribution in [-0.4, -0.2) is 54.1 Å². The number of aromatic amines is 1. The van der Waals surface area contributed by atoms with Crippen LogP contribution in [0.15, 0.2) is 17.1 Å². The fourth-order valence-corrected chi connectivity index (χ4v) is 3.76. The van der Waals surface area contributed by atoms with Crippen LogP contribution in [0.25, 0.3) is 0 Å². The molecule has 3 rings (SSSR count). The largest absolute Gasteiger partial charge is 0.491 e. The second kappa shape index (κ2) is 7.70. The Morgan fingerprint density at radius 1 is 1.33 bits per heavy atom. The molecule has 2 fully saturated rings. The van der Waals surface area contributed by atoms with Crippen LogP contribution in [0.2, 0.25) is 0 Å². The van der Waals surface area contributed by atoms with Crippen LogP contribution < -0.4 is 10.2 Å². The minimum atomic E-state index is -0.0446. The molecule has 1 saturated heterocycles. The van der Waals surface area contributed by atoms with Crippen molar-refractivity contribution in [2.75, 3.05) is 33.3 Å². The molecular weight excluding hydrogens is 302 g/mol. The van der Waals surface area contributed by atoms with Gasteiger partial charge in [-0.2, -0.15) is 0 Å². The van der Waals surface area contributed by atoms with Gasteiger partial charge in [0, 0.05) is 43.6 Å². The molecule has 1 aliphatic heterocycles. The summed E-state index contributed by atoms with van der Waals surface area (Å²) in [4.78, 5) is 20.4. The summed E-state index contributed by atoms with van der Waals surface area (Å²) in [5.41, 5.74) is 0.927. The van der Waals surface area contributed by atoms with E-state index in [1.54, 1.807) is 12.3 Å². The molecule has 1 N–H and O–H groups in total. The zero-order valence-electron chi connectivity index (χ0n) is 15.3. The first kappa shape index (κ1) is 17.5. The van der Waals surface area contributed by atoms with Gasteiger partial charge in [-0.1, -0.05) is 13.8 Å². The fourth-order valence-electron chi connectivity index (χ4n) is 3.76. The first-order valence-electron chi connectivity index (χ1n) is 9.29. The third-order valence-electron chi connectivity index (χ3n) is 5.34. The van der Waals surface area contributed by atoms with Crippen LogP contribution in [0.4, 0.5) is 0 Å². The molecule has 5 nitrogen and oxygen atoms in total. The normalized spacial score (nSPS) is 23.4. The van der Waals surface area contributed by atoms with E-state index in [4.69, 9.17) is 4.74 Å². The van der Waals surface area contributed by atoms with Crippen molar-refractivity contribution in [2.24, 2.45) is 11.8 Å². The van der Waals surface area contributed by atoms with Gasteiger partial charge in [0.25, 0.3) is 0 Å². The fraction of sp³-hybridized carbons (Fsp3) is 0.737. The quantitative estimate of drug-likeness (QED) is 0.868. The summed E-state index contributed by atoms with van der Waals surface area (Å²) in [6.45, 7) is 10.1. The standard InChI is InChI=1S/C19H31N3O2/c1-14(2)17-13-21(7-4-8-22(17)11-15-5-6-15)12-16-9-18(23)19(24-3)10-20-16/h9-10,14-15,17H,4-8,11-13H2,1-3H3,(H,20,23)/t17-/m1/s1. The molecule has 5 heteroatoms. The van der Waals surface area contributed by atoms with Crippen LogP contribution in [0.5, 0.6) is 5.75 Å². The molecule has 1 atom stereocenters. The molecule has 1 aliphatic carbocycles. The molecule has 0 bridgehead atoms. The highest BCUT2D eigenvalue weighted by Gasteiger charge is 2.32. The number of nitrogens with one attached hydrogen (secondary N) is 1. The van der Waals surface area contributed by atoms with Gasteiger partial charge in [-0.05, 0) is 44.2 Å². The van der Waals surface area contributed by atoms with E-state index in [1.807, 2.05) is 0 Å². The van der Waals surface area contributed by atoms with Crippen molar-refractivity contribution in [3.63, 3.8) is 0 Å². The molecule has 2 aliphatic rings. The van der Waals surface area contributed by atoms with Crippen molar-refractivity contribution in [3.8, 4) is 5.75 Å². The first-order chi connectivity index (χ1) is 11.6. The predicted molar refractivity (Wildman–Crippen MR) is 96.4 cm³/mol. The van der Waals surface area contributed by atoms with Crippen molar-refractivity contribution in [1.82, 2.24) is 14.8 Å². The number of methoxy groups -OCH3 is 1. The van der Waals surface area contributed by atoms with Gasteiger partial charge in [-0.25, -0.2) is 0 Å². The van der Waals surface area contributed by atoms with E-state index in [9.17, 15) is 4.79 Å². The lowest BCUT2D eigenvalue weighted by molar-refractivity contribution is 0.131. The lowest BCUT2D eigenvalue weighted by atomic mass is 10.0. The highest BCUT2D eigenvalue weighted by Crippen LogP contribution is 2.32. The third-order valence-corrected chi connectivity index (χ3v) is 5.34. The van der Waals surface area contributed by atoms with Crippen molar-refractivity contribution < 1.29 is 4.74 Å². The highest BCUT2D eigenvalue weighted by molar-refractivity contribution is 5.20. The molecule has 1 aromatic rings. The smallest absolute Gasteiger partial charge is 0.223 e. The van der Waals surface area contributed by atoms with E-state index in [-0.39, 0.29) is 5.43 Å². The number of H-pyrrole nitrogens is 1. The Kier molecular flexibility index (Phi) is 5.61. The minimum Gasteiger partial charge on any atom is -0.491 e. The number of aromatic nitrogens is 1. The van der Waals surface area contributed by atoms with Crippen LogP contribution in [0.3, 0.4) is 0 Å². The van der Waals surface area contributed by atoms with Crippen LogP contribution in [0, 0.1) is 11.8 Å². The summed E-state index contributed by atoms with van der Waals surface area (Å²) in [5, 5.41) is 0. The van der Waals surface area contributed by atoms with Gasteiger partial charge in [0.05, 0.1) is 7.11 Å². The molecule has 24 heavy (non-hydrogen) atoms. The van der Waals surface area contributed by atoms with Crippen molar-refractivity contribution in [1.29, 1.82) is 0 Å². The van der Waals surface area contributed by atoms with E-state index in [2.05, 4.69) is 28.6 Å². The summed E-state index contributed by atoms with van der Waals surface area (Å²) in [6.07, 6.45) is 5.71. The lowest BCUT2D eigenvalue weighted by Crippen LogP contribution is -2.45. The Morgan fingerprint density at radius 2 is 2.12 bits per heavy atom. The molecule has 134 valence electrons. The molecule has 0 spiro atoms. The topological polar surface area (TPSA) is 48.6 Å². The molecule has 0 unspecified atom stereocenters. The Hall–Kier alpha value is -1.33. The molecule has 2 heterocycles. The Balaban J connectivity index is 1.67. The summed E-state index contributed by atoms with van der Waals surface area (Å²) in [5.74, 6) is 1.97. The summed E-state index contributed by atoms with van der Waals surface area (Å²) >= 11 is 0. The van der Waals surface area contributed by atoms with Gasteiger partial charge >= 0.3 is 0 Å². The van der Waals surface area contributed by atoms with Gasteiger partial charge in [-0.3, -0.25) is 14.6 Å². The maximum atomic E-state index is 12.0. The lowest BCUT2D eigenvalue weighted by Gasteiger charge is -2.34. The summed E-state index contributed by atoms with van der Waals surface area (Å²) in [6, 6.07) is 2.29. The van der Waals surface area contributed by atoms with Crippen molar-refractivity contribution in [2.45, 2.75) is 45.7 Å². The second-order valence-corrected chi connectivity index (χ2v) is 7.73. The maximum Gasteiger partial charge on any atom is 0.223 e. The van der Waals surface area contributed by atoms with Gasteiger partial charge in [-0.15, -0.1) is 0 Å². The molecular formula is C19H31N3O2. The Morgan fingerprint density at radius 3 is 2.75 bits per heavy atom. The minimum absolute atomic E-state index is 0.0446. The molecule has 0 radical (unpaired) electrons. The third kappa shape index (κ3) is 4.39. The molecule has 0 amide bonds. The van der Waals surface area contributed by atoms with E-state index in [0.29, 0.717) is 17.7 Å². The number of pyridine rings is 1. The zero-order valence-corrected chi connectivity index (χ0v) is 15.3. The number of rotatable bonds is 6. The highest BCUT2D eigenvalue weighted by atomic mass is 16.5. The number of ether oxygens (including phenoxy) is 1.